The normalized spacial score (nSPS) is 14.3. The van der Waals surface area contributed by atoms with Crippen LogP contribution >= 0.6 is 11.6 Å². The molecule has 0 saturated heterocycles. The Balaban J connectivity index is 1.82. The van der Waals surface area contributed by atoms with Crippen LogP contribution in [0.1, 0.15) is 25.8 Å². The number of carbonyl (C=O) groups is 1. The number of carbonyl (C=O) groups excluding carboxylic acids is 1. The van der Waals surface area contributed by atoms with Crippen molar-refractivity contribution in [1.82, 2.24) is 5.32 Å². The predicted octanol–water partition coefficient (Wildman–Crippen LogP) is 2.53. The van der Waals surface area contributed by atoms with Gasteiger partial charge in [0.15, 0.2) is 11.5 Å². The Labute approximate surface area is 136 Å². The molecule has 0 radical (unpaired) electrons. The molecular weight excluding hydrogens is 302 g/mol. The van der Waals surface area contributed by atoms with Gasteiger partial charge in [-0.3, -0.25) is 4.79 Å². The maximum atomic E-state index is 11.2. The number of hydrogen-bond donors (Lipinski definition) is 1. The number of nitrogens with one attached hydrogen (secondary N) is 1. The summed E-state index contributed by atoms with van der Waals surface area (Å²) in [4.78, 5) is 11.2. The molecule has 0 spiro atoms. The lowest BCUT2D eigenvalue weighted by atomic mass is 10.0. The number of rotatable bonds is 5. The van der Waals surface area contributed by atoms with Gasteiger partial charge in [0.25, 0.3) is 0 Å². The van der Waals surface area contributed by atoms with Crippen LogP contribution in [-0.2, 0) is 11.2 Å². The molecule has 5 heteroatoms. The van der Waals surface area contributed by atoms with Crippen LogP contribution in [0.25, 0.3) is 0 Å². The molecule has 1 aromatic rings. The third kappa shape index (κ3) is 4.57. The lowest BCUT2D eigenvalue weighted by Crippen LogP contribution is -2.24. The third-order valence-electron chi connectivity index (χ3n) is 3.18. The van der Waals surface area contributed by atoms with E-state index >= 15 is 0 Å². The average molecular weight is 322 g/mol. The molecule has 1 N–H and O–H groups in total. The first-order valence-electron chi connectivity index (χ1n) is 7.24. The van der Waals surface area contributed by atoms with Crippen molar-refractivity contribution in [3.63, 3.8) is 0 Å². The number of alkyl halides is 1. The van der Waals surface area contributed by atoms with Crippen LogP contribution in [0.5, 0.6) is 11.5 Å². The molecule has 0 atom stereocenters. The lowest BCUT2D eigenvalue weighted by Gasteiger charge is -2.17. The zero-order chi connectivity index (χ0) is 16.0. The van der Waals surface area contributed by atoms with E-state index in [9.17, 15) is 4.79 Å². The molecule has 1 aromatic carbocycles. The second-order valence-electron chi connectivity index (χ2n) is 5.64. The Morgan fingerprint density at radius 3 is 3.05 bits per heavy atom. The topological polar surface area (TPSA) is 47.6 Å². The Kier molecular flexibility index (Phi) is 5.57. The molecule has 2 rings (SSSR count). The van der Waals surface area contributed by atoms with Crippen molar-refractivity contribution in [1.29, 1.82) is 0 Å². The van der Waals surface area contributed by atoms with E-state index in [4.69, 9.17) is 21.1 Å². The smallest absolute Gasteiger partial charge is 0.221 e. The molecule has 1 heterocycles. The van der Waals surface area contributed by atoms with Crippen LogP contribution in [-0.4, -0.2) is 30.5 Å². The summed E-state index contributed by atoms with van der Waals surface area (Å²) in [7, 11) is 0. The van der Waals surface area contributed by atoms with E-state index in [2.05, 4.69) is 37.1 Å². The van der Waals surface area contributed by atoms with Crippen LogP contribution in [0.15, 0.2) is 18.2 Å². The van der Waals surface area contributed by atoms with Gasteiger partial charge in [0.1, 0.15) is 12.2 Å². The molecule has 0 unspecified atom stereocenters. The maximum Gasteiger partial charge on any atom is 0.221 e. The molecule has 118 valence electrons. The van der Waals surface area contributed by atoms with Crippen LogP contribution in [0, 0.1) is 11.8 Å². The van der Waals surface area contributed by atoms with Crippen LogP contribution < -0.4 is 14.8 Å². The SMILES string of the molecule is CC1(C)Cc2cccc(OCC#CCNC(=O)CCCl)c2O1. The zero-order valence-corrected chi connectivity index (χ0v) is 13.6. The second-order valence-corrected chi connectivity index (χ2v) is 6.02. The highest BCUT2D eigenvalue weighted by Crippen LogP contribution is 2.41. The molecular formula is C17H20ClNO3. The van der Waals surface area contributed by atoms with Crippen LogP contribution in [0.4, 0.5) is 0 Å². The summed E-state index contributed by atoms with van der Waals surface area (Å²) in [5, 5.41) is 2.66. The van der Waals surface area contributed by atoms with Gasteiger partial charge in [-0.1, -0.05) is 24.0 Å². The van der Waals surface area contributed by atoms with Crippen molar-refractivity contribution in [2.45, 2.75) is 32.3 Å². The Hall–Kier alpha value is -1.86. The highest BCUT2D eigenvalue weighted by atomic mass is 35.5. The maximum absolute atomic E-state index is 11.2. The fraction of sp³-hybridized carbons (Fsp3) is 0.471. The van der Waals surface area contributed by atoms with Gasteiger partial charge in [-0.25, -0.2) is 0 Å². The molecule has 0 aromatic heterocycles. The van der Waals surface area contributed by atoms with Crippen molar-refractivity contribution < 1.29 is 14.3 Å². The first-order chi connectivity index (χ1) is 10.5. The van der Waals surface area contributed by atoms with Gasteiger partial charge in [0.2, 0.25) is 5.91 Å². The molecule has 0 fully saturated rings. The van der Waals surface area contributed by atoms with Crippen molar-refractivity contribution in [2.75, 3.05) is 19.0 Å². The van der Waals surface area contributed by atoms with E-state index in [-0.39, 0.29) is 18.1 Å². The molecule has 1 aliphatic rings. The summed E-state index contributed by atoms with van der Waals surface area (Å²) < 4.78 is 11.6. The molecule has 0 aliphatic carbocycles. The van der Waals surface area contributed by atoms with Gasteiger partial charge in [0, 0.05) is 24.3 Å². The number of amides is 1. The third-order valence-corrected chi connectivity index (χ3v) is 3.36. The quantitative estimate of drug-likeness (QED) is 0.669. The van der Waals surface area contributed by atoms with Gasteiger partial charge >= 0.3 is 0 Å². The summed E-state index contributed by atoms with van der Waals surface area (Å²) >= 11 is 5.46. The lowest BCUT2D eigenvalue weighted by molar-refractivity contribution is -0.120. The number of halogens is 1. The monoisotopic (exact) mass is 321 g/mol. The molecule has 1 amide bonds. The molecule has 0 saturated carbocycles. The largest absolute Gasteiger partial charge is 0.483 e. The van der Waals surface area contributed by atoms with Crippen molar-refractivity contribution in [2.24, 2.45) is 0 Å². The van der Waals surface area contributed by atoms with Gasteiger partial charge in [-0.2, -0.15) is 0 Å². The van der Waals surface area contributed by atoms with E-state index in [0.717, 1.165) is 17.7 Å². The standard InChI is InChI=1S/C17H20ClNO3/c1-17(2)12-13-6-5-7-14(16(13)22-17)21-11-4-3-10-19-15(20)8-9-18/h5-7H,8-12H2,1-2H3,(H,19,20). The molecule has 4 nitrogen and oxygen atoms in total. The van der Waals surface area contributed by atoms with Crippen LogP contribution in [0.3, 0.4) is 0 Å². The van der Waals surface area contributed by atoms with E-state index in [1.165, 1.54) is 0 Å². The second kappa shape index (κ2) is 7.42. The number of benzene rings is 1. The Morgan fingerprint density at radius 1 is 1.45 bits per heavy atom. The average Bonchev–Trinajstić information content (AvgIpc) is 2.77. The van der Waals surface area contributed by atoms with E-state index in [1.807, 2.05) is 12.1 Å². The number of hydrogen-bond acceptors (Lipinski definition) is 3. The summed E-state index contributed by atoms with van der Waals surface area (Å²) in [6.45, 7) is 4.67. The number of ether oxygens (including phenoxy) is 2. The minimum absolute atomic E-state index is 0.0956. The van der Waals surface area contributed by atoms with Crippen LogP contribution in [0.2, 0.25) is 0 Å². The fourth-order valence-electron chi connectivity index (χ4n) is 2.25. The number of para-hydroxylation sites is 1. The van der Waals surface area contributed by atoms with Crippen molar-refractivity contribution in [3.05, 3.63) is 23.8 Å². The van der Waals surface area contributed by atoms with Crippen molar-refractivity contribution >= 4 is 17.5 Å². The van der Waals surface area contributed by atoms with Gasteiger partial charge < -0.3 is 14.8 Å². The summed E-state index contributed by atoms with van der Waals surface area (Å²) in [6, 6.07) is 5.89. The highest BCUT2D eigenvalue weighted by Gasteiger charge is 2.32. The Bertz CT molecular complexity index is 602. The first kappa shape index (κ1) is 16.5. The minimum Gasteiger partial charge on any atom is -0.483 e. The summed E-state index contributed by atoms with van der Waals surface area (Å²) in [6.07, 6.45) is 1.18. The number of fused-ring (bicyclic) bond motifs is 1. The predicted molar refractivity (Wildman–Crippen MR) is 86.5 cm³/mol. The van der Waals surface area contributed by atoms with E-state index in [0.29, 0.717) is 24.6 Å². The minimum atomic E-state index is -0.194. The summed E-state index contributed by atoms with van der Waals surface area (Å²) in [5.74, 6) is 7.45. The summed E-state index contributed by atoms with van der Waals surface area (Å²) in [5.41, 5.74) is 0.962. The highest BCUT2D eigenvalue weighted by molar-refractivity contribution is 6.18. The van der Waals surface area contributed by atoms with E-state index < -0.39 is 0 Å². The molecule has 1 aliphatic heterocycles. The zero-order valence-electron chi connectivity index (χ0n) is 12.9. The van der Waals surface area contributed by atoms with Gasteiger partial charge in [0.05, 0.1) is 6.54 Å². The molecule has 22 heavy (non-hydrogen) atoms. The molecule has 0 bridgehead atoms. The van der Waals surface area contributed by atoms with Gasteiger partial charge in [-0.15, -0.1) is 11.6 Å². The fourth-order valence-corrected chi connectivity index (χ4v) is 2.42. The van der Waals surface area contributed by atoms with Crippen molar-refractivity contribution in [3.8, 4) is 23.3 Å². The Morgan fingerprint density at radius 2 is 2.27 bits per heavy atom. The van der Waals surface area contributed by atoms with Gasteiger partial charge in [-0.05, 0) is 19.9 Å². The first-order valence-corrected chi connectivity index (χ1v) is 7.77. The van der Waals surface area contributed by atoms with E-state index in [1.54, 1.807) is 0 Å².